The van der Waals surface area contributed by atoms with Gasteiger partial charge in [-0.3, -0.25) is 4.99 Å². The van der Waals surface area contributed by atoms with Crippen LogP contribution in [0, 0.1) is 0 Å². The fraction of sp³-hybridized carbons (Fsp3) is 0.192. The number of piperidine rings is 1. The molecule has 3 heteroatoms. The molecule has 0 aliphatic carbocycles. The molecule has 0 bridgehead atoms. The highest BCUT2D eigenvalue weighted by molar-refractivity contribution is 5.85. The molecule has 0 atom stereocenters. The number of anilines is 1. The average Bonchev–Trinajstić information content (AvgIpc) is 2.79. The van der Waals surface area contributed by atoms with Gasteiger partial charge in [0.05, 0.1) is 5.69 Å². The van der Waals surface area contributed by atoms with E-state index >= 15 is 0 Å². The van der Waals surface area contributed by atoms with Crippen LogP contribution in [0.15, 0.2) is 77.8 Å². The molecule has 0 spiro atoms. The van der Waals surface area contributed by atoms with Crippen LogP contribution in [0.1, 0.15) is 36.0 Å². The molecule has 146 valence electrons. The van der Waals surface area contributed by atoms with E-state index in [9.17, 15) is 5.11 Å². The molecule has 4 rings (SSSR count). The third-order valence-corrected chi connectivity index (χ3v) is 5.27. The lowest BCUT2D eigenvalue weighted by molar-refractivity contribution is 0.474. The van der Waals surface area contributed by atoms with Gasteiger partial charge in [0, 0.05) is 30.6 Å². The van der Waals surface area contributed by atoms with E-state index in [0.717, 1.165) is 11.3 Å². The Bertz CT molecular complexity index is 982. The molecule has 1 fully saturated rings. The number of benzene rings is 3. The first-order valence-corrected chi connectivity index (χ1v) is 10.2. The monoisotopic (exact) mass is 382 g/mol. The van der Waals surface area contributed by atoms with Gasteiger partial charge in [0.25, 0.3) is 0 Å². The molecule has 29 heavy (non-hydrogen) atoms. The van der Waals surface area contributed by atoms with Crippen LogP contribution in [0.3, 0.4) is 0 Å². The molecule has 1 N–H and O–H groups in total. The highest BCUT2D eigenvalue weighted by Crippen LogP contribution is 2.21. The summed E-state index contributed by atoms with van der Waals surface area (Å²) in [4.78, 5) is 6.91. The maximum absolute atomic E-state index is 9.80. The molecule has 0 amide bonds. The normalized spacial score (nSPS) is 14.7. The van der Waals surface area contributed by atoms with Gasteiger partial charge in [-0.2, -0.15) is 0 Å². The molecule has 0 saturated carbocycles. The third-order valence-electron chi connectivity index (χ3n) is 5.27. The lowest BCUT2D eigenvalue weighted by atomic mass is 10.1. The molecule has 0 unspecified atom stereocenters. The second-order valence-corrected chi connectivity index (χ2v) is 7.38. The van der Waals surface area contributed by atoms with Gasteiger partial charge in [-0.25, -0.2) is 0 Å². The smallest absolute Gasteiger partial charge is 0.124 e. The SMILES string of the molecule is Oc1ccccc1C=Nc1ccc(/C=C/c2ccc(N3CCCCC3)cc2)cc1. The number of hydrogen-bond donors (Lipinski definition) is 1. The summed E-state index contributed by atoms with van der Waals surface area (Å²) in [6.07, 6.45) is 9.90. The molecule has 1 heterocycles. The van der Waals surface area contributed by atoms with E-state index in [1.807, 2.05) is 24.3 Å². The van der Waals surface area contributed by atoms with Gasteiger partial charge in [-0.1, -0.05) is 48.6 Å². The molecule has 1 aliphatic heterocycles. The first-order valence-electron chi connectivity index (χ1n) is 10.2. The van der Waals surface area contributed by atoms with E-state index in [1.54, 1.807) is 18.3 Å². The predicted molar refractivity (Wildman–Crippen MR) is 123 cm³/mol. The topological polar surface area (TPSA) is 35.8 Å². The van der Waals surface area contributed by atoms with E-state index in [4.69, 9.17) is 0 Å². The Balaban J connectivity index is 1.38. The molecular formula is C26H26N2O. The number of hydrogen-bond acceptors (Lipinski definition) is 3. The van der Waals surface area contributed by atoms with Crippen molar-refractivity contribution in [2.24, 2.45) is 4.99 Å². The Hall–Kier alpha value is -3.33. The minimum absolute atomic E-state index is 0.238. The van der Waals surface area contributed by atoms with Crippen LogP contribution in [-0.2, 0) is 0 Å². The predicted octanol–water partition coefficient (Wildman–Crippen LogP) is 6.30. The van der Waals surface area contributed by atoms with Crippen LogP contribution in [0.2, 0.25) is 0 Å². The van der Waals surface area contributed by atoms with E-state index in [1.165, 1.54) is 43.6 Å². The van der Waals surface area contributed by atoms with Crippen molar-refractivity contribution in [3.05, 3.63) is 89.5 Å². The van der Waals surface area contributed by atoms with Crippen molar-refractivity contribution in [3.8, 4) is 5.75 Å². The second-order valence-electron chi connectivity index (χ2n) is 7.38. The number of para-hydroxylation sites is 1. The minimum Gasteiger partial charge on any atom is -0.507 e. The fourth-order valence-corrected chi connectivity index (χ4v) is 3.55. The van der Waals surface area contributed by atoms with Gasteiger partial charge in [0.1, 0.15) is 5.75 Å². The Morgan fingerprint density at radius 1 is 0.724 bits per heavy atom. The summed E-state index contributed by atoms with van der Waals surface area (Å²) in [5.41, 5.74) is 5.23. The number of rotatable bonds is 5. The number of aliphatic imine (C=N–C) groups is 1. The largest absolute Gasteiger partial charge is 0.507 e. The van der Waals surface area contributed by atoms with Crippen LogP contribution in [-0.4, -0.2) is 24.4 Å². The molecule has 0 aromatic heterocycles. The van der Waals surface area contributed by atoms with Gasteiger partial charge in [0.15, 0.2) is 0 Å². The summed E-state index contributed by atoms with van der Waals surface area (Å²) in [7, 11) is 0. The van der Waals surface area contributed by atoms with E-state index in [-0.39, 0.29) is 5.75 Å². The number of phenols is 1. The van der Waals surface area contributed by atoms with E-state index < -0.39 is 0 Å². The van der Waals surface area contributed by atoms with Crippen molar-refractivity contribution >= 4 is 29.7 Å². The summed E-state index contributed by atoms with van der Waals surface area (Å²) < 4.78 is 0. The minimum atomic E-state index is 0.238. The summed E-state index contributed by atoms with van der Waals surface area (Å²) in [5.74, 6) is 0.238. The Kier molecular flexibility index (Phi) is 6.06. The highest BCUT2D eigenvalue weighted by Gasteiger charge is 2.10. The Morgan fingerprint density at radius 2 is 1.34 bits per heavy atom. The Labute approximate surface area is 172 Å². The number of nitrogens with zero attached hydrogens (tertiary/aromatic N) is 2. The molecule has 3 aromatic carbocycles. The summed E-state index contributed by atoms with van der Waals surface area (Å²) in [5, 5.41) is 9.80. The quantitative estimate of drug-likeness (QED) is 0.415. The van der Waals surface area contributed by atoms with Crippen molar-refractivity contribution in [1.82, 2.24) is 0 Å². The third kappa shape index (κ3) is 5.14. The standard InChI is InChI=1S/C26H26N2O/c29-26-7-3-2-6-23(26)20-27-24-14-10-21(11-15-24)8-9-22-12-16-25(17-13-22)28-18-4-1-5-19-28/h2-3,6-17,20,29H,1,4-5,18-19H2/b9-8+,27-20?. The molecule has 1 aliphatic rings. The summed E-state index contributed by atoms with van der Waals surface area (Å²) in [6.45, 7) is 2.35. The number of aromatic hydroxyl groups is 1. The van der Waals surface area contributed by atoms with Gasteiger partial charge in [0.2, 0.25) is 0 Å². The van der Waals surface area contributed by atoms with Gasteiger partial charge in [-0.05, 0) is 66.8 Å². The number of phenolic OH excluding ortho intramolecular Hbond substituents is 1. The van der Waals surface area contributed by atoms with Crippen LogP contribution >= 0.6 is 0 Å². The zero-order chi connectivity index (χ0) is 19.9. The highest BCUT2D eigenvalue weighted by atomic mass is 16.3. The first kappa shape index (κ1) is 19.0. The van der Waals surface area contributed by atoms with E-state index in [0.29, 0.717) is 5.56 Å². The Morgan fingerprint density at radius 3 is 2.00 bits per heavy atom. The van der Waals surface area contributed by atoms with Crippen molar-refractivity contribution in [2.45, 2.75) is 19.3 Å². The zero-order valence-corrected chi connectivity index (χ0v) is 16.5. The lowest BCUT2D eigenvalue weighted by Gasteiger charge is -2.28. The average molecular weight is 383 g/mol. The van der Waals surface area contributed by atoms with Crippen LogP contribution < -0.4 is 4.90 Å². The van der Waals surface area contributed by atoms with Crippen LogP contribution in [0.5, 0.6) is 5.75 Å². The van der Waals surface area contributed by atoms with Gasteiger partial charge >= 0.3 is 0 Å². The van der Waals surface area contributed by atoms with Crippen LogP contribution in [0.25, 0.3) is 12.2 Å². The molecule has 3 nitrogen and oxygen atoms in total. The van der Waals surface area contributed by atoms with Gasteiger partial charge in [-0.15, -0.1) is 0 Å². The van der Waals surface area contributed by atoms with Crippen molar-refractivity contribution in [1.29, 1.82) is 0 Å². The van der Waals surface area contributed by atoms with Gasteiger partial charge < -0.3 is 10.0 Å². The maximum atomic E-state index is 9.80. The first-order chi connectivity index (χ1) is 14.3. The maximum Gasteiger partial charge on any atom is 0.124 e. The summed E-state index contributed by atoms with van der Waals surface area (Å²) in [6, 6.07) is 24.1. The van der Waals surface area contributed by atoms with Crippen molar-refractivity contribution in [2.75, 3.05) is 18.0 Å². The fourth-order valence-electron chi connectivity index (χ4n) is 3.55. The molecular weight excluding hydrogens is 356 g/mol. The van der Waals surface area contributed by atoms with Crippen molar-refractivity contribution < 1.29 is 5.11 Å². The molecule has 0 radical (unpaired) electrons. The van der Waals surface area contributed by atoms with Crippen molar-refractivity contribution in [3.63, 3.8) is 0 Å². The molecule has 1 saturated heterocycles. The van der Waals surface area contributed by atoms with E-state index in [2.05, 4.69) is 58.4 Å². The zero-order valence-electron chi connectivity index (χ0n) is 16.5. The molecule has 3 aromatic rings. The lowest BCUT2D eigenvalue weighted by Crippen LogP contribution is -2.29. The second kappa shape index (κ2) is 9.24. The van der Waals surface area contributed by atoms with Crippen LogP contribution in [0.4, 0.5) is 11.4 Å². The summed E-state index contributed by atoms with van der Waals surface area (Å²) >= 11 is 0.